The Labute approximate surface area is 147 Å². The predicted molar refractivity (Wildman–Crippen MR) is 93.5 cm³/mol. The van der Waals surface area contributed by atoms with Crippen LogP contribution in [0.4, 0.5) is 8.78 Å². The number of aromatic nitrogens is 2. The number of hydrogen-bond acceptors (Lipinski definition) is 4. The van der Waals surface area contributed by atoms with Gasteiger partial charge in [0, 0.05) is 10.5 Å². The SMILES string of the molecule is COc1c(-c2ccc(SC)cc2)cnn(-c2cccc(F)c2F)c1=O. The molecule has 1 aromatic heterocycles. The number of benzene rings is 2. The van der Waals surface area contributed by atoms with Gasteiger partial charge >= 0.3 is 5.56 Å². The van der Waals surface area contributed by atoms with Gasteiger partial charge in [-0.25, -0.2) is 8.78 Å². The molecule has 7 heteroatoms. The van der Waals surface area contributed by atoms with Crippen molar-refractivity contribution in [1.29, 1.82) is 0 Å². The van der Waals surface area contributed by atoms with Gasteiger partial charge in [-0.2, -0.15) is 9.78 Å². The summed E-state index contributed by atoms with van der Waals surface area (Å²) in [5, 5.41) is 3.99. The summed E-state index contributed by atoms with van der Waals surface area (Å²) in [5.41, 5.74) is 0.283. The summed E-state index contributed by atoms with van der Waals surface area (Å²) < 4.78 is 33.4. The van der Waals surface area contributed by atoms with Crippen LogP contribution in [-0.2, 0) is 0 Å². The summed E-state index contributed by atoms with van der Waals surface area (Å²) in [4.78, 5) is 13.7. The molecule has 0 atom stereocenters. The second-order valence-electron chi connectivity index (χ2n) is 5.11. The lowest BCUT2D eigenvalue weighted by molar-refractivity contribution is 0.404. The second-order valence-corrected chi connectivity index (χ2v) is 5.99. The number of ether oxygens (including phenoxy) is 1. The maximum atomic E-state index is 14.0. The van der Waals surface area contributed by atoms with E-state index in [4.69, 9.17) is 4.74 Å². The first-order chi connectivity index (χ1) is 12.1. The molecule has 0 amide bonds. The third-order valence-corrected chi connectivity index (χ3v) is 4.44. The lowest BCUT2D eigenvalue weighted by Gasteiger charge is -2.12. The lowest BCUT2D eigenvalue weighted by Crippen LogP contribution is -2.24. The molecule has 0 fully saturated rings. The van der Waals surface area contributed by atoms with Crippen molar-refractivity contribution in [3.63, 3.8) is 0 Å². The van der Waals surface area contributed by atoms with E-state index in [-0.39, 0.29) is 11.4 Å². The highest BCUT2D eigenvalue weighted by atomic mass is 32.2. The summed E-state index contributed by atoms with van der Waals surface area (Å²) in [5.74, 6) is -2.19. The summed E-state index contributed by atoms with van der Waals surface area (Å²) in [6, 6.07) is 11.1. The van der Waals surface area contributed by atoms with E-state index in [1.165, 1.54) is 25.4 Å². The molecule has 0 aliphatic carbocycles. The Bertz CT molecular complexity index is 972. The van der Waals surface area contributed by atoms with Crippen LogP contribution in [0.2, 0.25) is 0 Å². The Morgan fingerprint density at radius 1 is 1.12 bits per heavy atom. The highest BCUT2D eigenvalue weighted by Crippen LogP contribution is 2.28. The topological polar surface area (TPSA) is 44.1 Å². The van der Waals surface area contributed by atoms with Gasteiger partial charge in [0.25, 0.3) is 0 Å². The minimum atomic E-state index is -1.14. The van der Waals surface area contributed by atoms with Gasteiger partial charge in [0.1, 0.15) is 5.69 Å². The summed E-state index contributed by atoms with van der Waals surface area (Å²) in [6.45, 7) is 0. The fourth-order valence-electron chi connectivity index (χ4n) is 2.44. The van der Waals surface area contributed by atoms with E-state index in [0.29, 0.717) is 5.56 Å². The standard InChI is InChI=1S/C18H14F2N2O2S/c1-24-17-13(11-6-8-12(25-2)9-7-11)10-21-22(18(17)23)15-5-3-4-14(19)16(15)20/h3-10H,1-2H3. The van der Waals surface area contributed by atoms with Gasteiger partial charge in [0.2, 0.25) is 0 Å². The normalized spacial score (nSPS) is 10.7. The zero-order valence-electron chi connectivity index (χ0n) is 13.5. The molecule has 3 aromatic rings. The van der Waals surface area contributed by atoms with Crippen LogP contribution in [0, 0.1) is 11.6 Å². The molecule has 3 rings (SSSR count). The number of thioether (sulfide) groups is 1. The minimum Gasteiger partial charge on any atom is -0.491 e. The fraction of sp³-hybridized carbons (Fsp3) is 0.111. The predicted octanol–water partition coefficient (Wildman–Crippen LogP) is 3.91. The van der Waals surface area contributed by atoms with Crippen molar-refractivity contribution in [3.8, 4) is 22.6 Å². The number of hydrogen-bond donors (Lipinski definition) is 0. The maximum absolute atomic E-state index is 14.0. The monoisotopic (exact) mass is 360 g/mol. The molecular weight excluding hydrogens is 346 g/mol. The van der Waals surface area contributed by atoms with Crippen LogP contribution < -0.4 is 10.3 Å². The van der Waals surface area contributed by atoms with Crippen molar-refractivity contribution in [2.75, 3.05) is 13.4 Å². The Balaban J connectivity index is 2.17. The largest absolute Gasteiger partial charge is 0.491 e. The maximum Gasteiger partial charge on any atom is 0.314 e. The van der Waals surface area contributed by atoms with Crippen molar-refractivity contribution in [2.24, 2.45) is 0 Å². The van der Waals surface area contributed by atoms with Crippen molar-refractivity contribution in [3.05, 3.63) is 70.6 Å². The molecule has 0 N–H and O–H groups in total. The minimum absolute atomic E-state index is 0.00978. The van der Waals surface area contributed by atoms with E-state index in [0.717, 1.165) is 21.2 Å². The first kappa shape index (κ1) is 17.2. The number of nitrogens with zero attached hydrogens (tertiary/aromatic N) is 2. The van der Waals surface area contributed by atoms with Crippen LogP contribution in [0.15, 0.2) is 58.4 Å². The molecule has 0 aliphatic heterocycles. The van der Waals surface area contributed by atoms with Crippen molar-refractivity contribution >= 4 is 11.8 Å². The van der Waals surface area contributed by atoms with E-state index in [9.17, 15) is 13.6 Å². The van der Waals surface area contributed by atoms with Gasteiger partial charge in [0.15, 0.2) is 17.4 Å². The average Bonchev–Trinajstić information content (AvgIpc) is 2.64. The van der Waals surface area contributed by atoms with Crippen molar-refractivity contribution in [2.45, 2.75) is 4.90 Å². The molecule has 1 heterocycles. The third kappa shape index (κ3) is 3.15. The summed E-state index contributed by atoms with van der Waals surface area (Å²) in [6.07, 6.45) is 3.37. The van der Waals surface area contributed by atoms with Crippen LogP contribution in [0.5, 0.6) is 5.75 Å². The Hall–Kier alpha value is -2.67. The molecule has 128 valence electrons. The summed E-state index contributed by atoms with van der Waals surface area (Å²) in [7, 11) is 1.35. The summed E-state index contributed by atoms with van der Waals surface area (Å²) >= 11 is 1.60. The average molecular weight is 360 g/mol. The molecule has 0 saturated heterocycles. The molecule has 4 nitrogen and oxygen atoms in total. The smallest absolute Gasteiger partial charge is 0.314 e. The van der Waals surface area contributed by atoms with Crippen LogP contribution in [-0.4, -0.2) is 23.1 Å². The van der Waals surface area contributed by atoms with E-state index in [1.54, 1.807) is 11.8 Å². The quantitative estimate of drug-likeness (QED) is 0.662. The number of rotatable bonds is 4. The Morgan fingerprint density at radius 2 is 1.84 bits per heavy atom. The molecule has 2 aromatic carbocycles. The highest BCUT2D eigenvalue weighted by molar-refractivity contribution is 7.98. The van der Waals surface area contributed by atoms with Gasteiger partial charge in [-0.05, 0) is 36.1 Å². The molecule has 25 heavy (non-hydrogen) atoms. The lowest BCUT2D eigenvalue weighted by atomic mass is 10.1. The van der Waals surface area contributed by atoms with E-state index in [1.807, 2.05) is 30.5 Å². The second kappa shape index (κ2) is 7.06. The van der Waals surface area contributed by atoms with E-state index >= 15 is 0 Å². The van der Waals surface area contributed by atoms with Crippen LogP contribution in [0.1, 0.15) is 0 Å². The molecule has 0 unspecified atom stereocenters. The molecule has 0 aliphatic rings. The van der Waals surface area contributed by atoms with Crippen LogP contribution >= 0.6 is 11.8 Å². The first-order valence-corrected chi connectivity index (χ1v) is 8.54. The zero-order valence-corrected chi connectivity index (χ0v) is 14.3. The number of methoxy groups -OCH3 is 1. The molecular formula is C18H14F2N2O2S. The zero-order chi connectivity index (χ0) is 18.0. The number of halogens is 2. The fourth-order valence-corrected chi connectivity index (χ4v) is 2.85. The van der Waals surface area contributed by atoms with Gasteiger partial charge in [0.05, 0.1) is 13.3 Å². The van der Waals surface area contributed by atoms with Crippen LogP contribution in [0.25, 0.3) is 16.8 Å². The van der Waals surface area contributed by atoms with Crippen LogP contribution in [0.3, 0.4) is 0 Å². The van der Waals surface area contributed by atoms with E-state index < -0.39 is 17.2 Å². The Kier molecular flexibility index (Phi) is 4.85. The third-order valence-electron chi connectivity index (χ3n) is 3.70. The van der Waals surface area contributed by atoms with Crippen molar-refractivity contribution in [1.82, 2.24) is 9.78 Å². The van der Waals surface area contributed by atoms with Gasteiger partial charge in [-0.15, -0.1) is 11.8 Å². The first-order valence-electron chi connectivity index (χ1n) is 7.32. The van der Waals surface area contributed by atoms with Gasteiger partial charge < -0.3 is 4.74 Å². The Morgan fingerprint density at radius 3 is 2.48 bits per heavy atom. The molecule has 0 saturated carbocycles. The molecule has 0 radical (unpaired) electrons. The van der Waals surface area contributed by atoms with Gasteiger partial charge in [-0.1, -0.05) is 18.2 Å². The molecule has 0 bridgehead atoms. The molecule has 0 spiro atoms. The van der Waals surface area contributed by atoms with Crippen molar-refractivity contribution < 1.29 is 13.5 Å². The van der Waals surface area contributed by atoms with Gasteiger partial charge in [-0.3, -0.25) is 4.79 Å². The van der Waals surface area contributed by atoms with E-state index in [2.05, 4.69) is 5.10 Å². The highest BCUT2D eigenvalue weighted by Gasteiger charge is 2.18.